The summed E-state index contributed by atoms with van der Waals surface area (Å²) in [5.41, 5.74) is 21.6. The van der Waals surface area contributed by atoms with Crippen molar-refractivity contribution in [3.63, 3.8) is 0 Å². The zero-order chi connectivity index (χ0) is 40.7. The Morgan fingerprint density at radius 1 is 0.333 bits per heavy atom. The molecule has 0 aliphatic rings. The van der Waals surface area contributed by atoms with E-state index >= 15 is 0 Å². The molecule has 0 aliphatic heterocycles. The van der Waals surface area contributed by atoms with Crippen LogP contribution in [0.2, 0.25) is 0 Å². The van der Waals surface area contributed by atoms with Crippen LogP contribution < -0.4 is 4.90 Å². The number of nitrogens with zero attached hydrogens (tertiary/aromatic N) is 2. The number of benzene rings is 9. The Balaban J connectivity index is 1.25. The first kappa shape index (κ1) is 36.9. The molecule has 0 radical (unpaired) electrons. The first-order valence-corrected chi connectivity index (χ1v) is 20.8. The van der Waals surface area contributed by atoms with Crippen molar-refractivity contribution >= 4 is 38.9 Å². The van der Waals surface area contributed by atoms with Gasteiger partial charge in [0.25, 0.3) is 0 Å². The van der Waals surface area contributed by atoms with Crippen molar-refractivity contribution in [3.05, 3.63) is 229 Å². The molecule has 0 spiro atoms. The smallest absolute Gasteiger partial charge is 0.0618 e. The van der Waals surface area contributed by atoms with Gasteiger partial charge in [0.15, 0.2) is 0 Å². The molecule has 0 bridgehead atoms. The fraction of sp³-hybridized carbons (Fsp3) is 0.0690. The molecule has 2 nitrogen and oxygen atoms in total. The van der Waals surface area contributed by atoms with Crippen LogP contribution in [0.3, 0.4) is 0 Å². The first-order chi connectivity index (χ1) is 29.4. The minimum absolute atomic E-state index is 1.10. The number of aryl methyl sites for hydroxylation is 4. The summed E-state index contributed by atoms with van der Waals surface area (Å²) in [6, 6.07) is 75.6. The van der Waals surface area contributed by atoms with Gasteiger partial charge in [-0.25, -0.2) is 0 Å². The zero-order valence-corrected chi connectivity index (χ0v) is 34.5. The topological polar surface area (TPSA) is 8.17 Å². The molecule has 60 heavy (non-hydrogen) atoms. The van der Waals surface area contributed by atoms with Crippen LogP contribution >= 0.6 is 0 Å². The number of hydrogen-bond donors (Lipinski definition) is 0. The summed E-state index contributed by atoms with van der Waals surface area (Å²) in [5.74, 6) is 0. The number of aromatic nitrogens is 1. The number of fused-ring (bicyclic) bond motifs is 3. The third kappa shape index (κ3) is 6.57. The largest absolute Gasteiger partial charge is 0.310 e. The molecule has 0 fully saturated rings. The van der Waals surface area contributed by atoms with E-state index in [4.69, 9.17) is 0 Å². The molecule has 0 unspecified atom stereocenters. The molecule has 1 aromatic heterocycles. The Hall–Kier alpha value is -7.42. The van der Waals surface area contributed by atoms with Crippen LogP contribution in [0, 0.1) is 27.7 Å². The van der Waals surface area contributed by atoms with Gasteiger partial charge in [0.2, 0.25) is 0 Å². The minimum atomic E-state index is 1.10. The molecule has 10 rings (SSSR count). The summed E-state index contributed by atoms with van der Waals surface area (Å²) in [7, 11) is 0. The lowest BCUT2D eigenvalue weighted by atomic mass is 9.92. The minimum Gasteiger partial charge on any atom is -0.310 e. The summed E-state index contributed by atoms with van der Waals surface area (Å²) in [6.45, 7) is 8.81. The van der Waals surface area contributed by atoms with E-state index in [-0.39, 0.29) is 0 Å². The van der Waals surface area contributed by atoms with Gasteiger partial charge in [0.1, 0.15) is 0 Å². The molecule has 9 aromatic carbocycles. The molecule has 10 aromatic rings. The predicted molar refractivity (Wildman–Crippen MR) is 256 cm³/mol. The standard InChI is InChI=1S/C58H46N2/c1-39-25-27-47(37-41(39)3)51-20-13-21-52(48-28-26-40(2)42(4)38-48)58(51)60-54-22-12-11-19-53(54)57-55(23-14-24-56(57)60)59(49-33-29-45(30-34-49)43-15-7-5-8-16-43)50-35-31-46(32-36-50)44-17-9-6-10-18-44/h5-38H,1-4H3. The maximum atomic E-state index is 2.53. The molecular weight excluding hydrogens is 725 g/mol. The van der Waals surface area contributed by atoms with E-state index in [0.29, 0.717) is 0 Å². The molecule has 0 N–H and O–H groups in total. The summed E-state index contributed by atoms with van der Waals surface area (Å²) < 4.78 is 2.53. The van der Waals surface area contributed by atoms with Gasteiger partial charge in [-0.15, -0.1) is 0 Å². The van der Waals surface area contributed by atoms with Crippen LogP contribution in [-0.4, -0.2) is 4.57 Å². The second-order valence-corrected chi connectivity index (χ2v) is 16.0. The van der Waals surface area contributed by atoms with E-state index in [1.165, 1.54) is 88.7 Å². The van der Waals surface area contributed by atoms with E-state index in [9.17, 15) is 0 Å². The first-order valence-electron chi connectivity index (χ1n) is 20.8. The van der Waals surface area contributed by atoms with Crippen molar-refractivity contribution in [2.75, 3.05) is 4.90 Å². The van der Waals surface area contributed by atoms with Crippen molar-refractivity contribution in [1.82, 2.24) is 4.57 Å². The molecular formula is C58H46N2. The van der Waals surface area contributed by atoms with E-state index < -0.39 is 0 Å². The van der Waals surface area contributed by atoms with Crippen LogP contribution in [-0.2, 0) is 0 Å². The molecule has 288 valence electrons. The summed E-state index contributed by atoms with van der Waals surface area (Å²) in [5, 5.41) is 2.41. The maximum Gasteiger partial charge on any atom is 0.0618 e. The number of hydrogen-bond acceptors (Lipinski definition) is 1. The summed E-state index contributed by atoms with van der Waals surface area (Å²) >= 11 is 0. The normalized spacial score (nSPS) is 11.3. The molecule has 0 atom stereocenters. The Morgan fingerprint density at radius 2 is 0.767 bits per heavy atom. The van der Waals surface area contributed by atoms with Gasteiger partial charge >= 0.3 is 0 Å². The highest BCUT2D eigenvalue weighted by Gasteiger charge is 2.24. The third-order valence-electron chi connectivity index (χ3n) is 12.3. The molecule has 0 aliphatic carbocycles. The highest BCUT2D eigenvalue weighted by Crippen LogP contribution is 2.47. The number of rotatable bonds is 8. The van der Waals surface area contributed by atoms with Gasteiger partial charge in [-0.1, -0.05) is 164 Å². The van der Waals surface area contributed by atoms with Gasteiger partial charge < -0.3 is 9.47 Å². The Kier molecular flexibility index (Phi) is 9.47. The van der Waals surface area contributed by atoms with Gasteiger partial charge in [0.05, 0.1) is 22.4 Å². The Morgan fingerprint density at radius 3 is 1.28 bits per heavy atom. The molecule has 2 heteroatoms. The SMILES string of the molecule is Cc1ccc(-c2cccc(-c3ccc(C)c(C)c3)c2-n2c3ccccc3c3c(N(c4ccc(-c5ccccc5)cc4)c4ccc(-c5ccccc5)cc4)cccc32)cc1C. The second kappa shape index (κ2) is 15.4. The predicted octanol–water partition coefficient (Wildman–Crippen LogP) is 16.2. The van der Waals surface area contributed by atoms with Crippen molar-refractivity contribution in [1.29, 1.82) is 0 Å². The molecule has 1 heterocycles. The van der Waals surface area contributed by atoms with Crippen LogP contribution in [0.25, 0.3) is 72.0 Å². The van der Waals surface area contributed by atoms with Crippen molar-refractivity contribution in [2.45, 2.75) is 27.7 Å². The van der Waals surface area contributed by atoms with Crippen LogP contribution in [0.1, 0.15) is 22.3 Å². The van der Waals surface area contributed by atoms with Crippen molar-refractivity contribution in [2.24, 2.45) is 0 Å². The van der Waals surface area contributed by atoms with E-state index in [2.05, 4.69) is 243 Å². The fourth-order valence-electron chi connectivity index (χ4n) is 8.79. The third-order valence-corrected chi connectivity index (χ3v) is 12.3. The zero-order valence-electron chi connectivity index (χ0n) is 34.5. The average molecular weight is 771 g/mol. The number of anilines is 3. The fourth-order valence-corrected chi connectivity index (χ4v) is 8.79. The Bertz CT molecular complexity index is 3000. The lowest BCUT2D eigenvalue weighted by Gasteiger charge is -2.27. The Labute approximate surface area is 353 Å². The van der Waals surface area contributed by atoms with Gasteiger partial charge in [0, 0.05) is 33.3 Å². The van der Waals surface area contributed by atoms with E-state index in [1.807, 2.05) is 0 Å². The monoisotopic (exact) mass is 770 g/mol. The van der Waals surface area contributed by atoms with Crippen molar-refractivity contribution < 1.29 is 0 Å². The lowest BCUT2D eigenvalue weighted by Crippen LogP contribution is -2.10. The highest BCUT2D eigenvalue weighted by atomic mass is 15.1. The quantitative estimate of drug-likeness (QED) is 0.149. The lowest BCUT2D eigenvalue weighted by molar-refractivity contribution is 1.18. The average Bonchev–Trinajstić information content (AvgIpc) is 3.64. The number of para-hydroxylation sites is 2. The van der Waals surface area contributed by atoms with Crippen molar-refractivity contribution in [3.8, 4) is 50.2 Å². The van der Waals surface area contributed by atoms with Crippen LogP contribution in [0.5, 0.6) is 0 Å². The second-order valence-electron chi connectivity index (χ2n) is 16.0. The molecule has 0 saturated carbocycles. The van der Waals surface area contributed by atoms with Crippen LogP contribution in [0.15, 0.2) is 206 Å². The highest BCUT2D eigenvalue weighted by molar-refractivity contribution is 6.17. The van der Waals surface area contributed by atoms with E-state index in [0.717, 1.165) is 22.6 Å². The van der Waals surface area contributed by atoms with Gasteiger partial charge in [-0.3, -0.25) is 0 Å². The maximum absolute atomic E-state index is 2.53. The van der Waals surface area contributed by atoms with Gasteiger partial charge in [-0.05, 0) is 126 Å². The van der Waals surface area contributed by atoms with Gasteiger partial charge in [-0.2, -0.15) is 0 Å². The summed E-state index contributed by atoms with van der Waals surface area (Å²) in [4.78, 5) is 2.43. The molecule has 0 amide bonds. The van der Waals surface area contributed by atoms with Crippen LogP contribution in [0.4, 0.5) is 17.1 Å². The van der Waals surface area contributed by atoms with E-state index in [1.54, 1.807) is 0 Å². The summed E-state index contributed by atoms with van der Waals surface area (Å²) in [6.07, 6.45) is 0. The molecule has 0 saturated heterocycles.